The maximum absolute atomic E-state index is 6.50. The number of hydrogen-bond donors (Lipinski definition) is 0. The van der Waals surface area contributed by atoms with Crippen molar-refractivity contribution in [2.75, 3.05) is 7.11 Å². The smallest absolute Gasteiger partial charge is 0.0693 e. The van der Waals surface area contributed by atoms with Gasteiger partial charge in [0.15, 0.2) is 0 Å². The molecule has 18 heavy (non-hydrogen) atoms. The molecule has 0 amide bonds. The Hall–Kier alpha value is -0.530. The van der Waals surface area contributed by atoms with Crippen LogP contribution in [0.1, 0.15) is 42.4 Å². The molecule has 2 rings (SSSR count). The lowest BCUT2D eigenvalue weighted by atomic mass is 9.76. The van der Waals surface area contributed by atoms with E-state index in [-0.39, 0.29) is 11.0 Å². The normalized spacial score (nSPS) is 19.3. The highest BCUT2D eigenvalue weighted by Crippen LogP contribution is 2.40. The summed E-state index contributed by atoms with van der Waals surface area (Å²) in [7, 11) is 1.82. The third-order valence-electron chi connectivity index (χ3n) is 4.32. The molecule has 0 N–H and O–H groups in total. The largest absolute Gasteiger partial charge is 0.378 e. The lowest BCUT2D eigenvalue weighted by molar-refractivity contribution is -0.0777. The van der Waals surface area contributed by atoms with Crippen molar-refractivity contribution in [3.8, 4) is 0 Å². The number of rotatable bonds is 5. The lowest BCUT2D eigenvalue weighted by Crippen LogP contribution is -2.41. The quantitative estimate of drug-likeness (QED) is 0.717. The Labute approximate surface area is 115 Å². The van der Waals surface area contributed by atoms with Crippen molar-refractivity contribution in [3.63, 3.8) is 0 Å². The van der Waals surface area contributed by atoms with Crippen molar-refractivity contribution in [1.29, 1.82) is 0 Å². The molecule has 100 valence electrons. The number of aryl methyl sites for hydroxylation is 2. The lowest BCUT2D eigenvalue weighted by Gasteiger charge is -2.41. The Kier molecular flexibility index (Phi) is 4.34. The molecule has 0 saturated heterocycles. The summed E-state index contributed by atoms with van der Waals surface area (Å²) in [4.78, 5) is 0. The van der Waals surface area contributed by atoms with Crippen molar-refractivity contribution in [2.45, 2.75) is 56.9 Å². The molecule has 2 heteroatoms. The van der Waals surface area contributed by atoms with Crippen LogP contribution in [0.4, 0.5) is 0 Å². The minimum Gasteiger partial charge on any atom is -0.378 e. The van der Waals surface area contributed by atoms with E-state index in [9.17, 15) is 0 Å². The van der Waals surface area contributed by atoms with Crippen molar-refractivity contribution < 1.29 is 4.74 Å². The Morgan fingerprint density at radius 1 is 1.28 bits per heavy atom. The summed E-state index contributed by atoms with van der Waals surface area (Å²) in [5.74, 6) is 0. The zero-order chi connectivity index (χ0) is 13.2. The molecule has 1 atom stereocenters. The highest BCUT2D eigenvalue weighted by Gasteiger charge is 2.38. The first-order valence-corrected chi connectivity index (χ1v) is 7.24. The molecule has 1 aliphatic rings. The SMILES string of the molecule is COC1(CC(Cl)Cc2ccc(C)c(C)c2)CCC1. The minimum absolute atomic E-state index is 0.0756. The summed E-state index contributed by atoms with van der Waals surface area (Å²) in [6.45, 7) is 4.30. The van der Waals surface area contributed by atoms with Crippen LogP contribution in [0, 0.1) is 13.8 Å². The fourth-order valence-electron chi connectivity index (χ4n) is 2.72. The average Bonchev–Trinajstić information content (AvgIpc) is 2.29. The Bertz CT molecular complexity index is 404. The molecular formula is C16H23ClO. The average molecular weight is 267 g/mol. The van der Waals surface area contributed by atoms with Crippen LogP contribution in [-0.4, -0.2) is 18.1 Å². The van der Waals surface area contributed by atoms with Crippen LogP contribution < -0.4 is 0 Å². The molecule has 0 aliphatic heterocycles. The fraction of sp³-hybridized carbons (Fsp3) is 0.625. The van der Waals surface area contributed by atoms with Crippen LogP contribution in [-0.2, 0) is 11.2 Å². The number of ether oxygens (including phenoxy) is 1. The molecule has 0 spiro atoms. The Morgan fingerprint density at radius 2 is 2.00 bits per heavy atom. The molecule has 1 saturated carbocycles. The molecule has 1 aromatic carbocycles. The van der Waals surface area contributed by atoms with Gasteiger partial charge in [-0.25, -0.2) is 0 Å². The summed E-state index contributed by atoms with van der Waals surface area (Å²) in [6, 6.07) is 6.63. The van der Waals surface area contributed by atoms with Gasteiger partial charge in [0.25, 0.3) is 0 Å². The van der Waals surface area contributed by atoms with E-state index in [0.29, 0.717) is 0 Å². The fourth-order valence-corrected chi connectivity index (χ4v) is 3.18. The number of hydrogen-bond acceptors (Lipinski definition) is 1. The van der Waals surface area contributed by atoms with Crippen molar-refractivity contribution in [3.05, 3.63) is 34.9 Å². The van der Waals surface area contributed by atoms with Gasteiger partial charge in [0.1, 0.15) is 0 Å². The Balaban J connectivity index is 1.94. The number of halogens is 1. The van der Waals surface area contributed by atoms with Gasteiger partial charge in [0, 0.05) is 12.5 Å². The molecule has 0 bridgehead atoms. The first-order valence-electron chi connectivity index (χ1n) is 6.80. The third-order valence-corrected chi connectivity index (χ3v) is 4.63. The topological polar surface area (TPSA) is 9.23 Å². The van der Waals surface area contributed by atoms with Crippen LogP contribution in [0.3, 0.4) is 0 Å². The van der Waals surface area contributed by atoms with Crippen LogP contribution in [0.2, 0.25) is 0 Å². The van der Waals surface area contributed by atoms with Crippen molar-refractivity contribution in [1.82, 2.24) is 0 Å². The molecule has 0 heterocycles. The monoisotopic (exact) mass is 266 g/mol. The summed E-state index contributed by atoms with van der Waals surface area (Å²) in [5, 5.41) is 0.173. The van der Waals surface area contributed by atoms with Crippen LogP contribution >= 0.6 is 11.6 Å². The first-order chi connectivity index (χ1) is 8.54. The molecule has 1 aliphatic carbocycles. The van der Waals surface area contributed by atoms with Gasteiger partial charge >= 0.3 is 0 Å². The second kappa shape index (κ2) is 5.63. The molecule has 0 radical (unpaired) electrons. The Morgan fingerprint density at radius 3 is 2.50 bits per heavy atom. The summed E-state index contributed by atoms with van der Waals surface area (Å²) in [6.07, 6.45) is 5.52. The third kappa shape index (κ3) is 3.07. The van der Waals surface area contributed by atoms with Crippen LogP contribution in [0.15, 0.2) is 18.2 Å². The number of alkyl halides is 1. The van der Waals surface area contributed by atoms with Gasteiger partial charge < -0.3 is 4.74 Å². The predicted molar refractivity (Wildman–Crippen MR) is 77.5 cm³/mol. The molecule has 0 aromatic heterocycles. The second-order valence-electron chi connectivity index (χ2n) is 5.66. The standard InChI is InChI=1S/C16H23ClO/c1-12-5-6-14(9-13(12)2)10-15(17)11-16(18-3)7-4-8-16/h5-6,9,15H,4,7-8,10-11H2,1-3H3. The maximum Gasteiger partial charge on any atom is 0.0693 e. The van der Waals surface area contributed by atoms with Crippen LogP contribution in [0.25, 0.3) is 0 Å². The van der Waals surface area contributed by atoms with E-state index in [1.807, 2.05) is 7.11 Å². The van der Waals surface area contributed by atoms with Crippen LogP contribution in [0.5, 0.6) is 0 Å². The van der Waals surface area contributed by atoms with Gasteiger partial charge in [-0.3, -0.25) is 0 Å². The van der Waals surface area contributed by atoms with Gasteiger partial charge in [0.05, 0.1) is 5.60 Å². The van der Waals surface area contributed by atoms with E-state index in [1.54, 1.807) is 0 Å². The van der Waals surface area contributed by atoms with Crippen molar-refractivity contribution in [2.24, 2.45) is 0 Å². The molecule has 1 unspecified atom stereocenters. The second-order valence-corrected chi connectivity index (χ2v) is 6.28. The first kappa shape index (κ1) is 13.9. The molecule has 1 aromatic rings. The van der Waals surface area contributed by atoms with Crippen molar-refractivity contribution >= 4 is 11.6 Å². The predicted octanol–water partition coefficient (Wildman–Crippen LogP) is 4.41. The van der Waals surface area contributed by atoms with Gasteiger partial charge in [-0.05, 0) is 62.6 Å². The minimum atomic E-state index is 0.0756. The van der Waals surface area contributed by atoms with Gasteiger partial charge in [-0.15, -0.1) is 11.6 Å². The highest BCUT2D eigenvalue weighted by molar-refractivity contribution is 6.20. The van der Waals surface area contributed by atoms with Gasteiger partial charge in [-0.1, -0.05) is 18.2 Å². The molecular weight excluding hydrogens is 244 g/mol. The van der Waals surface area contributed by atoms with Gasteiger partial charge in [0.2, 0.25) is 0 Å². The van der Waals surface area contributed by atoms with Gasteiger partial charge in [-0.2, -0.15) is 0 Å². The van der Waals surface area contributed by atoms with E-state index in [2.05, 4.69) is 32.0 Å². The van der Waals surface area contributed by atoms with E-state index in [1.165, 1.54) is 36.0 Å². The zero-order valence-electron chi connectivity index (χ0n) is 11.6. The van der Waals surface area contributed by atoms with E-state index in [4.69, 9.17) is 16.3 Å². The summed E-state index contributed by atoms with van der Waals surface area (Å²) in [5.41, 5.74) is 4.11. The molecule has 1 fully saturated rings. The highest BCUT2D eigenvalue weighted by atomic mass is 35.5. The maximum atomic E-state index is 6.50. The summed E-state index contributed by atoms with van der Waals surface area (Å²) < 4.78 is 5.64. The molecule has 1 nitrogen and oxygen atoms in total. The number of benzene rings is 1. The number of methoxy groups -OCH3 is 1. The zero-order valence-corrected chi connectivity index (χ0v) is 12.4. The summed E-state index contributed by atoms with van der Waals surface area (Å²) >= 11 is 6.50. The van der Waals surface area contributed by atoms with E-state index in [0.717, 1.165) is 12.8 Å². The van der Waals surface area contributed by atoms with E-state index < -0.39 is 0 Å². The van der Waals surface area contributed by atoms with E-state index >= 15 is 0 Å².